The Morgan fingerprint density at radius 1 is 1.20 bits per heavy atom. The van der Waals surface area contributed by atoms with Crippen LogP contribution in [0.4, 0.5) is 18.9 Å². The minimum absolute atomic E-state index is 0.0157. The smallest absolute Gasteiger partial charge is 0.307 e. The molecule has 1 aromatic heterocycles. The number of alkyl halides is 3. The lowest BCUT2D eigenvalue weighted by atomic mass is 10.0. The molecule has 0 radical (unpaired) electrons. The molecule has 1 aromatic carbocycles. The molecule has 1 amide bonds. The van der Waals surface area contributed by atoms with Crippen molar-refractivity contribution in [3.8, 4) is 0 Å². The Kier molecular flexibility index (Phi) is 4.64. The van der Waals surface area contributed by atoms with Crippen molar-refractivity contribution < 1.29 is 18.0 Å². The molecule has 0 bridgehead atoms. The second kappa shape index (κ2) is 6.46. The van der Waals surface area contributed by atoms with Crippen molar-refractivity contribution in [1.82, 2.24) is 9.97 Å². The number of rotatable bonds is 1. The van der Waals surface area contributed by atoms with Gasteiger partial charge < -0.3 is 4.90 Å². The highest BCUT2D eigenvalue weighted by Crippen LogP contribution is 2.37. The first-order valence-corrected chi connectivity index (χ1v) is 8.16. The van der Waals surface area contributed by atoms with Crippen LogP contribution in [0.2, 0.25) is 10.4 Å². The Balaban J connectivity index is 2.12. The van der Waals surface area contributed by atoms with Crippen LogP contribution in [0.3, 0.4) is 0 Å². The monoisotopic (exact) mass is 389 g/mol. The third kappa shape index (κ3) is 3.30. The topological polar surface area (TPSA) is 46.1 Å². The number of hydrogen-bond acceptors (Lipinski definition) is 3. The van der Waals surface area contributed by atoms with Gasteiger partial charge in [-0.15, -0.1) is 0 Å². The predicted octanol–water partition coefficient (Wildman–Crippen LogP) is 4.70. The number of amides is 1. The molecule has 1 aliphatic rings. The van der Waals surface area contributed by atoms with Gasteiger partial charge in [0.25, 0.3) is 5.91 Å². The van der Waals surface area contributed by atoms with Crippen molar-refractivity contribution in [1.29, 1.82) is 0 Å². The average Bonchev–Trinajstić information content (AvgIpc) is 2.67. The van der Waals surface area contributed by atoms with Gasteiger partial charge in [-0.2, -0.15) is 13.2 Å². The average molecular weight is 390 g/mol. The predicted molar refractivity (Wildman–Crippen MR) is 88.2 cm³/mol. The molecule has 4 nitrogen and oxygen atoms in total. The summed E-state index contributed by atoms with van der Waals surface area (Å²) in [5.74, 6) is -0.541. The highest BCUT2D eigenvalue weighted by Gasteiger charge is 2.35. The Hall–Kier alpha value is -1.86. The number of nitrogens with zero attached hydrogens (tertiary/aromatic N) is 3. The van der Waals surface area contributed by atoms with E-state index in [0.29, 0.717) is 18.4 Å². The lowest BCUT2D eigenvalue weighted by Crippen LogP contribution is -2.32. The maximum atomic E-state index is 13.2. The van der Waals surface area contributed by atoms with Gasteiger partial charge in [0.05, 0.1) is 5.56 Å². The number of hydrogen-bond donors (Lipinski definition) is 0. The first-order valence-electron chi connectivity index (χ1n) is 7.40. The third-order valence-electron chi connectivity index (χ3n) is 4.09. The molecule has 0 saturated heterocycles. The van der Waals surface area contributed by atoms with Gasteiger partial charge in [0.1, 0.15) is 10.8 Å². The largest absolute Gasteiger partial charge is 0.416 e. The van der Waals surface area contributed by atoms with Crippen molar-refractivity contribution in [3.05, 3.63) is 51.0 Å². The minimum Gasteiger partial charge on any atom is -0.307 e. The van der Waals surface area contributed by atoms with E-state index in [9.17, 15) is 18.0 Å². The number of halogens is 5. The zero-order chi connectivity index (χ0) is 18.4. The summed E-state index contributed by atoms with van der Waals surface area (Å²) in [4.78, 5) is 22.0. The van der Waals surface area contributed by atoms with Gasteiger partial charge in [0.2, 0.25) is 5.28 Å². The van der Waals surface area contributed by atoms with Crippen molar-refractivity contribution in [2.75, 3.05) is 11.4 Å². The summed E-state index contributed by atoms with van der Waals surface area (Å²) in [5, 5.41) is -0.0920. The van der Waals surface area contributed by atoms with E-state index in [1.54, 1.807) is 0 Å². The Bertz CT molecular complexity index is 855. The molecule has 2 aromatic rings. The molecule has 0 unspecified atom stereocenters. The zero-order valence-electron chi connectivity index (χ0n) is 13.0. The standard InChI is InChI=1S/C16H12Cl2F3N3O/c1-8-10(16(19,20)21)5-2-6-11(8)24-7-3-4-9-12(14(24)25)22-15(18)23-13(9)17/h2,5-6H,3-4,7H2,1H3. The van der Waals surface area contributed by atoms with E-state index in [1.807, 2.05) is 0 Å². The normalized spacial score (nSPS) is 15.1. The van der Waals surface area contributed by atoms with E-state index in [0.717, 1.165) is 6.07 Å². The maximum absolute atomic E-state index is 13.2. The van der Waals surface area contributed by atoms with Gasteiger partial charge in [-0.05, 0) is 49.1 Å². The van der Waals surface area contributed by atoms with Crippen molar-refractivity contribution in [2.24, 2.45) is 0 Å². The quantitative estimate of drug-likeness (QED) is 0.524. The summed E-state index contributed by atoms with van der Waals surface area (Å²) in [5.41, 5.74) is -0.111. The highest BCUT2D eigenvalue weighted by molar-refractivity contribution is 6.33. The molecule has 0 saturated carbocycles. The van der Waals surface area contributed by atoms with Crippen LogP contribution >= 0.6 is 23.2 Å². The van der Waals surface area contributed by atoms with Crippen molar-refractivity contribution in [3.63, 3.8) is 0 Å². The first kappa shape index (κ1) is 17.9. The molecule has 0 spiro atoms. The first-order chi connectivity index (χ1) is 11.7. The van der Waals surface area contributed by atoms with E-state index in [2.05, 4.69) is 9.97 Å². The summed E-state index contributed by atoms with van der Waals surface area (Å²) in [7, 11) is 0. The van der Waals surface area contributed by atoms with E-state index in [-0.39, 0.29) is 33.9 Å². The Labute approximate surface area is 151 Å². The minimum atomic E-state index is -4.50. The van der Waals surface area contributed by atoms with Crippen LogP contribution in [0, 0.1) is 6.92 Å². The van der Waals surface area contributed by atoms with Gasteiger partial charge in [-0.25, -0.2) is 9.97 Å². The molecular formula is C16H12Cl2F3N3O. The fourth-order valence-electron chi connectivity index (χ4n) is 2.93. The van der Waals surface area contributed by atoms with Crippen molar-refractivity contribution >= 4 is 34.8 Å². The van der Waals surface area contributed by atoms with Crippen LogP contribution in [0.1, 0.15) is 33.6 Å². The number of anilines is 1. The fourth-order valence-corrected chi connectivity index (χ4v) is 3.40. The molecule has 0 N–H and O–H groups in total. The van der Waals surface area contributed by atoms with Crippen LogP contribution < -0.4 is 4.90 Å². The zero-order valence-corrected chi connectivity index (χ0v) is 14.5. The molecular weight excluding hydrogens is 378 g/mol. The van der Waals surface area contributed by atoms with Gasteiger partial charge in [0.15, 0.2) is 0 Å². The molecule has 25 heavy (non-hydrogen) atoms. The Morgan fingerprint density at radius 2 is 1.92 bits per heavy atom. The molecule has 0 aliphatic carbocycles. The highest BCUT2D eigenvalue weighted by atomic mass is 35.5. The lowest BCUT2D eigenvalue weighted by molar-refractivity contribution is -0.138. The number of aromatic nitrogens is 2. The molecule has 9 heteroatoms. The molecule has 1 aliphatic heterocycles. The third-order valence-corrected chi connectivity index (χ3v) is 4.57. The summed E-state index contributed by atoms with van der Waals surface area (Å²) in [6, 6.07) is 3.76. The van der Waals surface area contributed by atoms with Crippen LogP contribution in [0.25, 0.3) is 0 Å². The summed E-state index contributed by atoms with van der Waals surface area (Å²) in [6.45, 7) is 1.59. The summed E-state index contributed by atoms with van der Waals surface area (Å²) >= 11 is 11.8. The van der Waals surface area contributed by atoms with E-state index in [1.165, 1.54) is 24.0 Å². The maximum Gasteiger partial charge on any atom is 0.416 e. The second-order valence-electron chi connectivity index (χ2n) is 5.62. The Morgan fingerprint density at radius 3 is 2.60 bits per heavy atom. The van der Waals surface area contributed by atoms with Crippen molar-refractivity contribution in [2.45, 2.75) is 25.9 Å². The van der Waals surface area contributed by atoms with Gasteiger partial charge in [-0.3, -0.25) is 4.79 Å². The number of fused-ring (bicyclic) bond motifs is 1. The van der Waals surface area contributed by atoms with Crippen LogP contribution in [-0.2, 0) is 12.6 Å². The fraction of sp³-hybridized carbons (Fsp3) is 0.312. The van der Waals surface area contributed by atoms with E-state index >= 15 is 0 Å². The SMILES string of the molecule is Cc1c(N2CCCc3c(Cl)nc(Cl)nc3C2=O)cccc1C(F)(F)F. The molecule has 3 rings (SSSR count). The lowest BCUT2D eigenvalue weighted by Gasteiger charge is -2.24. The van der Waals surface area contributed by atoms with Gasteiger partial charge in [-0.1, -0.05) is 17.7 Å². The van der Waals surface area contributed by atoms with Gasteiger partial charge in [0, 0.05) is 17.8 Å². The summed E-state index contributed by atoms with van der Waals surface area (Å²) in [6.07, 6.45) is -3.55. The summed E-state index contributed by atoms with van der Waals surface area (Å²) < 4.78 is 39.5. The van der Waals surface area contributed by atoms with Crippen LogP contribution in [0.15, 0.2) is 18.2 Å². The molecule has 0 atom stereocenters. The number of carbonyl (C=O) groups is 1. The van der Waals surface area contributed by atoms with E-state index < -0.39 is 17.6 Å². The molecule has 2 heterocycles. The molecule has 0 fully saturated rings. The second-order valence-corrected chi connectivity index (χ2v) is 6.31. The van der Waals surface area contributed by atoms with Gasteiger partial charge >= 0.3 is 6.18 Å². The number of benzene rings is 1. The van der Waals surface area contributed by atoms with Crippen LogP contribution in [-0.4, -0.2) is 22.4 Å². The van der Waals surface area contributed by atoms with Crippen LogP contribution in [0.5, 0.6) is 0 Å². The number of carbonyl (C=O) groups excluding carboxylic acids is 1. The molecule has 132 valence electrons. The van der Waals surface area contributed by atoms with E-state index in [4.69, 9.17) is 23.2 Å².